The summed E-state index contributed by atoms with van der Waals surface area (Å²) in [4.78, 5) is 11.1. The molecule has 0 fully saturated rings. The van der Waals surface area contributed by atoms with E-state index in [4.69, 9.17) is 26.9 Å². The molecule has 0 radical (unpaired) electrons. The molecule has 0 aliphatic rings. The van der Waals surface area contributed by atoms with Crippen LogP contribution >= 0.6 is 11.6 Å². The van der Waals surface area contributed by atoms with Crippen molar-refractivity contribution in [1.82, 2.24) is 5.43 Å². The number of amides is 1. The second-order valence-electron chi connectivity index (χ2n) is 4.79. The number of nitrogens with one attached hydrogen (secondary N) is 1. The Balaban J connectivity index is 2.18. The Hall–Kier alpha value is -2.57. The van der Waals surface area contributed by atoms with Crippen LogP contribution < -0.4 is 20.7 Å². The lowest BCUT2D eigenvalue weighted by molar-refractivity contribution is -0.116. The number of ether oxygens (including phenoxy) is 2. The van der Waals surface area contributed by atoms with E-state index in [2.05, 4.69) is 0 Å². The third-order valence-corrected chi connectivity index (χ3v) is 3.40. The summed E-state index contributed by atoms with van der Waals surface area (Å²) in [5.41, 5.74) is 3.43. The van der Waals surface area contributed by atoms with Gasteiger partial charge in [-0.2, -0.15) is 0 Å². The first-order valence-electron chi connectivity index (χ1n) is 6.97. The van der Waals surface area contributed by atoms with E-state index in [-0.39, 0.29) is 12.4 Å². The number of hydrogen-bond donors (Lipinski definition) is 2. The first kappa shape index (κ1) is 17.8. The summed E-state index contributed by atoms with van der Waals surface area (Å²) >= 11 is 6.23. The molecule has 5 nitrogen and oxygen atoms in total. The normalized spacial score (nSPS) is 10.7. The van der Waals surface area contributed by atoms with Crippen LogP contribution in [-0.2, 0) is 11.4 Å². The number of rotatable bonds is 6. The first-order chi connectivity index (χ1) is 11.5. The Morgan fingerprint density at radius 3 is 2.67 bits per heavy atom. The van der Waals surface area contributed by atoms with E-state index in [0.717, 1.165) is 5.56 Å². The maximum absolute atomic E-state index is 12.9. The average Bonchev–Trinajstić information content (AvgIpc) is 2.59. The van der Waals surface area contributed by atoms with Crippen molar-refractivity contribution in [1.29, 1.82) is 0 Å². The van der Waals surface area contributed by atoms with Crippen LogP contribution in [0.25, 0.3) is 6.08 Å². The minimum absolute atomic E-state index is 0.209. The van der Waals surface area contributed by atoms with Crippen molar-refractivity contribution in [3.63, 3.8) is 0 Å². The van der Waals surface area contributed by atoms with Crippen molar-refractivity contribution in [2.45, 2.75) is 6.61 Å². The zero-order valence-corrected chi connectivity index (χ0v) is 13.6. The van der Waals surface area contributed by atoms with Crippen LogP contribution in [0.5, 0.6) is 11.5 Å². The van der Waals surface area contributed by atoms with Gasteiger partial charge in [0.25, 0.3) is 5.91 Å². The van der Waals surface area contributed by atoms with Gasteiger partial charge >= 0.3 is 0 Å². The number of benzene rings is 2. The van der Waals surface area contributed by atoms with E-state index < -0.39 is 5.91 Å². The molecule has 0 heterocycles. The Morgan fingerprint density at radius 2 is 2.04 bits per heavy atom. The monoisotopic (exact) mass is 350 g/mol. The topological polar surface area (TPSA) is 73.6 Å². The van der Waals surface area contributed by atoms with Gasteiger partial charge in [0.2, 0.25) is 0 Å². The molecule has 3 N–H and O–H groups in total. The molecule has 2 aromatic rings. The summed E-state index contributed by atoms with van der Waals surface area (Å²) in [5.74, 6) is 5.03. The van der Waals surface area contributed by atoms with Crippen LogP contribution in [0, 0.1) is 5.82 Å². The van der Waals surface area contributed by atoms with Crippen LogP contribution in [0.4, 0.5) is 4.39 Å². The largest absolute Gasteiger partial charge is 0.493 e. The van der Waals surface area contributed by atoms with Crippen molar-refractivity contribution in [2.75, 3.05) is 7.11 Å². The number of hydrazine groups is 1. The Morgan fingerprint density at radius 1 is 1.33 bits per heavy atom. The fourth-order valence-corrected chi connectivity index (χ4v) is 2.21. The number of nitrogens with two attached hydrogens (primary N) is 1. The van der Waals surface area contributed by atoms with Gasteiger partial charge in [0.15, 0.2) is 11.5 Å². The van der Waals surface area contributed by atoms with Crippen LogP contribution in [0.1, 0.15) is 11.1 Å². The van der Waals surface area contributed by atoms with E-state index in [1.165, 1.54) is 25.3 Å². The van der Waals surface area contributed by atoms with Gasteiger partial charge in [-0.25, -0.2) is 10.2 Å². The fraction of sp³-hybridized carbons (Fsp3) is 0.118. The molecule has 0 unspecified atom stereocenters. The predicted molar refractivity (Wildman–Crippen MR) is 90.1 cm³/mol. The van der Waals surface area contributed by atoms with Gasteiger partial charge in [0.05, 0.1) is 12.1 Å². The molecule has 2 rings (SSSR count). The van der Waals surface area contributed by atoms with E-state index >= 15 is 0 Å². The highest BCUT2D eigenvalue weighted by molar-refractivity contribution is 6.32. The van der Waals surface area contributed by atoms with Crippen LogP contribution in [-0.4, -0.2) is 13.0 Å². The SMILES string of the molecule is COc1cc(/C=C/C(=O)NN)cc(Cl)c1OCc1ccc(F)cc1. The number of halogens is 2. The molecule has 126 valence electrons. The highest BCUT2D eigenvalue weighted by Gasteiger charge is 2.12. The maximum atomic E-state index is 12.9. The van der Waals surface area contributed by atoms with Crippen LogP contribution in [0.15, 0.2) is 42.5 Å². The molecule has 0 aromatic heterocycles. The second-order valence-corrected chi connectivity index (χ2v) is 5.20. The van der Waals surface area contributed by atoms with Crippen molar-refractivity contribution < 1.29 is 18.7 Å². The molecule has 0 bridgehead atoms. The maximum Gasteiger partial charge on any atom is 0.257 e. The van der Waals surface area contributed by atoms with Crippen molar-refractivity contribution >= 4 is 23.6 Å². The third kappa shape index (κ3) is 4.71. The van der Waals surface area contributed by atoms with E-state index in [9.17, 15) is 9.18 Å². The third-order valence-electron chi connectivity index (χ3n) is 3.12. The summed E-state index contributed by atoms with van der Waals surface area (Å²) in [6.07, 6.45) is 2.81. The van der Waals surface area contributed by atoms with Crippen molar-refractivity contribution in [3.05, 3.63) is 64.4 Å². The molecule has 7 heteroatoms. The lowest BCUT2D eigenvalue weighted by Gasteiger charge is -2.13. The number of carbonyl (C=O) groups is 1. The Bertz CT molecular complexity index is 748. The summed E-state index contributed by atoms with van der Waals surface area (Å²) in [7, 11) is 1.48. The average molecular weight is 351 g/mol. The molecule has 0 aliphatic carbocycles. The summed E-state index contributed by atoms with van der Waals surface area (Å²) in [6.45, 7) is 0.209. The molecule has 0 aliphatic heterocycles. The highest BCUT2D eigenvalue weighted by atomic mass is 35.5. The van der Waals surface area contributed by atoms with Gasteiger partial charge in [-0.3, -0.25) is 10.2 Å². The molecule has 1 amide bonds. The van der Waals surface area contributed by atoms with Crippen molar-refractivity contribution in [2.24, 2.45) is 5.84 Å². The highest BCUT2D eigenvalue weighted by Crippen LogP contribution is 2.37. The minimum atomic E-state index is -0.443. The lowest BCUT2D eigenvalue weighted by atomic mass is 10.2. The minimum Gasteiger partial charge on any atom is -0.493 e. The number of methoxy groups -OCH3 is 1. The van der Waals surface area contributed by atoms with Gasteiger partial charge in [-0.05, 0) is 41.5 Å². The standard InChI is InChI=1S/C17H16ClFN2O3/c1-23-15-9-12(4-7-16(22)21-20)8-14(18)17(15)24-10-11-2-5-13(19)6-3-11/h2-9H,10,20H2,1H3,(H,21,22)/b7-4+. The number of carbonyl (C=O) groups excluding carboxylic acids is 1. The van der Waals surface area contributed by atoms with Gasteiger partial charge in [0.1, 0.15) is 12.4 Å². The van der Waals surface area contributed by atoms with Gasteiger partial charge in [-0.1, -0.05) is 23.7 Å². The zero-order valence-electron chi connectivity index (χ0n) is 12.9. The van der Waals surface area contributed by atoms with E-state index in [1.54, 1.807) is 30.3 Å². The Kier molecular flexibility index (Phi) is 6.17. The molecule has 0 saturated carbocycles. The van der Waals surface area contributed by atoms with Gasteiger partial charge in [0, 0.05) is 6.08 Å². The molecule has 0 spiro atoms. The van der Waals surface area contributed by atoms with E-state index in [0.29, 0.717) is 22.1 Å². The van der Waals surface area contributed by atoms with Crippen molar-refractivity contribution in [3.8, 4) is 11.5 Å². The van der Waals surface area contributed by atoms with Crippen LogP contribution in [0.2, 0.25) is 5.02 Å². The van der Waals surface area contributed by atoms with E-state index in [1.807, 2.05) is 5.43 Å². The quantitative estimate of drug-likeness (QED) is 0.363. The molecular weight excluding hydrogens is 335 g/mol. The zero-order chi connectivity index (χ0) is 17.5. The lowest BCUT2D eigenvalue weighted by Crippen LogP contribution is -2.27. The molecule has 0 atom stereocenters. The first-order valence-corrected chi connectivity index (χ1v) is 7.34. The van der Waals surface area contributed by atoms with Gasteiger partial charge < -0.3 is 9.47 Å². The fourth-order valence-electron chi connectivity index (χ4n) is 1.93. The Labute approximate surface area is 143 Å². The molecular formula is C17H16ClFN2O3. The summed E-state index contributed by atoms with van der Waals surface area (Å²) in [5, 5.41) is 0.323. The summed E-state index contributed by atoms with van der Waals surface area (Å²) < 4.78 is 23.9. The molecule has 2 aromatic carbocycles. The summed E-state index contributed by atoms with van der Waals surface area (Å²) in [6, 6.07) is 9.26. The number of hydrogen-bond acceptors (Lipinski definition) is 4. The molecule has 0 saturated heterocycles. The smallest absolute Gasteiger partial charge is 0.257 e. The van der Waals surface area contributed by atoms with Crippen LogP contribution in [0.3, 0.4) is 0 Å². The van der Waals surface area contributed by atoms with Gasteiger partial charge in [-0.15, -0.1) is 0 Å². The predicted octanol–water partition coefficient (Wildman–Crippen LogP) is 3.07. The second kappa shape index (κ2) is 8.33. The molecule has 24 heavy (non-hydrogen) atoms.